The Hall–Kier alpha value is -2.96. The van der Waals surface area contributed by atoms with Crippen LogP contribution in [-0.4, -0.2) is 52.6 Å². The minimum atomic E-state index is -3.83. The van der Waals surface area contributed by atoms with E-state index in [9.17, 15) is 13.2 Å². The lowest BCUT2D eigenvalue weighted by Gasteiger charge is -2.29. The van der Waals surface area contributed by atoms with Crippen LogP contribution in [0.3, 0.4) is 0 Å². The molecule has 1 N–H and O–H groups in total. The van der Waals surface area contributed by atoms with Crippen LogP contribution >= 0.6 is 11.3 Å². The fraction of sp³-hybridized carbons (Fsp3) is 0.296. The molecule has 0 amide bonds. The molecular formula is C27H31N2O4S2+. The Morgan fingerprint density at radius 1 is 1.00 bits per heavy atom. The summed E-state index contributed by atoms with van der Waals surface area (Å²) in [5, 5.41) is 0. The van der Waals surface area contributed by atoms with Crippen molar-refractivity contribution in [2.45, 2.75) is 30.2 Å². The smallest absolute Gasteiger partial charge is 0.307 e. The number of benzene rings is 2. The van der Waals surface area contributed by atoms with Crippen molar-refractivity contribution < 1.29 is 22.4 Å². The van der Waals surface area contributed by atoms with Gasteiger partial charge in [0, 0.05) is 5.56 Å². The van der Waals surface area contributed by atoms with Gasteiger partial charge in [-0.05, 0) is 36.8 Å². The molecule has 0 unspecified atom stereocenters. The van der Waals surface area contributed by atoms with Crippen LogP contribution in [0.5, 0.6) is 0 Å². The summed E-state index contributed by atoms with van der Waals surface area (Å²) in [7, 11) is 2.01. The van der Waals surface area contributed by atoms with E-state index in [0.29, 0.717) is 15.9 Å². The van der Waals surface area contributed by atoms with Crippen molar-refractivity contribution in [1.82, 2.24) is 4.72 Å². The highest BCUT2D eigenvalue weighted by Gasteiger charge is 2.28. The quantitative estimate of drug-likeness (QED) is 0.268. The van der Waals surface area contributed by atoms with Crippen molar-refractivity contribution >= 4 is 27.3 Å². The summed E-state index contributed by atoms with van der Waals surface area (Å²) in [6.45, 7) is 2.58. The van der Waals surface area contributed by atoms with E-state index in [0.717, 1.165) is 28.0 Å². The first-order chi connectivity index (χ1) is 16.5. The fourth-order valence-electron chi connectivity index (χ4n) is 3.38. The Morgan fingerprint density at radius 3 is 2.34 bits per heavy atom. The van der Waals surface area contributed by atoms with Crippen LogP contribution in [-0.2, 0) is 26.2 Å². The monoisotopic (exact) mass is 511 g/mol. The first kappa shape index (κ1) is 26.6. The summed E-state index contributed by atoms with van der Waals surface area (Å²) in [6.07, 6.45) is -0.0625. The van der Waals surface area contributed by atoms with Crippen LogP contribution in [0, 0.1) is 18.8 Å². The molecule has 1 heterocycles. The van der Waals surface area contributed by atoms with E-state index >= 15 is 0 Å². The van der Waals surface area contributed by atoms with E-state index in [1.165, 1.54) is 0 Å². The van der Waals surface area contributed by atoms with Crippen LogP contribution in [0.2, 0.25) is 0 Å². The Balaban J connectivity index is 1.68. The lowest BCUT2D eigenvalue weighted by Crippen LogP contribution is -2.49. The molecule has 0 saturated heterocycles. The van der Waals surface area contributed by atoms with E-state index in [1.807, 2.05) is 82.7 Å². The van der Waals surface area contributed by atoms with Gasteiger partial charge in [0.05, 0.1) is 45.0 Å². The summed E-state index contributed by atoms with van der Waals surface area (Å²) < 4.78 is 34.9. The molecule has 6 nitrogen and oxygen atoms in total. The number of hydrogen-bond acceptors (Lipinski definition) is 5. The van der Waals surface area contributed by atoms with Gasteiger partial charge < -0.3 is 9.22 Å². The van der Waals surface area contributed by atoms with Crippen molar-refractivity contribution in [2.75, 3.05) is 27.7 Å². The Morgan fingerprint density at radius 2 is 1.69 bits per heavy atom. The van der Waals surface area contributed by atoms with Crippen molar-refractivity contribution in [3.05, 3.63) is 88.3 Å². The van der Waals surface area contributed by atoms with Gasteiger partial charge in [-0.3, -0.25) is 4.79 Å². The average molecular weight is 512 g/mol. The molecule has 1 atom stereocenters. The number of carbonyl (C=O) groups excluding carboxylic acids is 1. The molecule has 0 fully saturated rings. The molecule has 0 aliphatic heterocycles. The minimum Gasteiger partial charge on any atom is -0.461 e. The molecule has 0 bridgehead atoms. The number of esters is 1. The molecule has 3 rings (SSSR count). The maximum absolute atomic E-state index is 13.1. The van der Waals surface area contributed by atoms with Crippen LogP contribution in [0.4, 0.5) is 0 Å². The molecule has 2 aromatic carbocycles. The Bertz CT molecular complexity index is 1300. The summed E-state index contributed by atoms with van der Waals surface area (Å²) in [6, 6.07) is 19.8. The second-order valence-corrected chi connectivity index (χ2v) is 12.4. The van der Waals surface area contributed by atoms with Crippen molar-refractivity contribution in [1.29, 1.82) is 0 Å². The number of nitrogens with one attached hydrogen (secondary N) is 1. The minimum absolute atomic E-state index is 0.0625. The van der Waals surface area contributed by atoms with Gasteiger partial charge in [0.1, 0.15) is 10.8 Å². The van der Waals surface area contributed by atoms with Gasteiger partial charge in [-0.2, -0.15) is 0 Å². The number of quaternary nitrogens is 1. The van der Waals surface area contributed by atoms with E-state index < -0.39 is 22.0 Å². The number of thiophene rings is 1. The molecule has 184 valence electrons. The zero-order chi connectivity index (χ0) is 25.5. The molecule has 0 aliphatic carbocycles. The number of nitrogens with zero attached hydrogens (tertiary/aromatic N) is 1. The van der Waals surface area contributed by atoms with E-state index in [2.05, 4.69) is 16.6 Å². The Labute approximate surface area is 212 Å². The van der Waals surface area contributed by atoms with Gasteiger partial charge in [-0.25, -0.2) is 13.1 Å². The second kappa shape index (κ2) is 11.6. The Kier molecular flexibility index (Phi) is 8.87. The predicted octanol–water partition coefficient (Wildman–Crippen LogP) is 3.94. The SMILES string of the molecule is Cc1ccc(C#Cc2ccc(S(=O)(=O)N[C@H](CC(=O)OCc3ccccc3)C[N+](C)(C)C)s2)cc1. The van der Waals surface area contributed by atoms with Crippen molar-refractivity contribution in [2.24, 2.45) is 0 Å². The van der Waals surface area contributed by atoms with E-state index in [1.54, 1.807) is 12.1 Å². The fourth-order valence-corrected chi connectivity index (χ4v) is 5.79. The third kappa shape index (κ3) is 8.96. The normalized spacial score (nSPS) is 12.5. The predicted molar refractivity (Wildman–Crippen MR) is 139 cm³/mol. The summed E-state index contributed by atoms with van der Waals surface area (Å²) in [4.78, 5) is 13.1. The topological polar surface area (TPSA) is 72.5 Å². The van der Waals surface area contributed by atoms with Gasteiger partial charge in [0.2, 0.25) is 0 Å². The van der Waals surface area contributed by atoms with Gasteiger partial charge >= 0.3 is 5.97 Å². The number of sulfonamides is 1. The summed E-state index contributed by atoms with van der Waals surface area (Å²) in [5.74, 6) is 5.64. The maximum atomic E-state index is 13.1. The van der Waals surface area contributed by atoms with E-state index in [-0.39, 0.29) is 17.2 Å². The van der Waals surface area contributed by atoms with Crippen LogP contribution in [0.25, 0.3) is 0 Å². The molecule has 0 spiro atoms. The lowest BCUT2D eigenvalue weighted by atomic mass is 10.1. The molecule has 3 aromatic rings. The molecule has 0 saturated carbocycles. The highest BCUT2D eigenvalue weighted by Crippen LogP contribution is 2.22. The highest BCUT2D eigenvalue weighted by molar-refractivity contribution is 7.91. The zero-order valence-electron chi connectivity index (χ0n) is 20.4. The zero-order valence-corrected chi connectivity index (χ0v) is 22.1. The van der Waals surface area contributed by atoms with Gasteiger partial charge in [-0.1, -0.05) is 59.9 Å². The number of aryl methyl sites for hydroxylation is 1. The summed E-state index contributed by atoms with van der Waals surface area (Å²) >= 11 is 1.10. The lowest BCUT2D eigenvalue weighted by molar-refractivity contribution is -0.871. The molecule has 35 heavy (non-hydrogen) atoms. The van der Waals surface area contributed by atoms with Crippen molar-refractivity contribution in [3.8, 4) is 11.8 Å². The molecule has 8 heteroatoms. The second-order valence-electron chi connectivity index (χ2n) is 9.38. The van der Waals surface area contributed by atoms with E-state index in [4.69, 9.17) is 4.74 Å². The van der Waals surface area contributed by atoms with Gasteiger partial charge in [-0.15, -0.1) is 11.3 Å². The van der Waals surface area contributed by atoms with Crippen LogP contribution in [0.15, 0.2) is 70.9 Å². The van der Waals surface area contributed by atoms with Crippen LogP contribution in [0.1, 0.15) is 28.0 Å². The van der Waals surface area contributed by atoms with Gasteiger partial charge in [0.15, 0.2) is 0 Å². The molecule has 0 radical (unpaired) electrons. The summed E-state index contributed by atoms with van der Waals surface area (Å²) in [5.41, 5.74) is 2.89. The standard InChI is InChI=1S/C27H31N2O4S2/c1-21-10-12-22(13-11-21)14-15-25-16-17-27(34-25)35(31,32)28-24(19-29(2,3)4)18-26(30)33-20-23-8-6-5-7-9-23/h5-13,16-17,24,28H,18-20H2,1-4H3/q+1/t24-/m1/s1. The number of hydrogen-bond donors (Lipinski definition) is 1. The first-order valence-corrected chi connectivity index (χ1v) is 13.5. The number of likely N-dealkylation sites (N-methyl/N-ethyl adjacent to an activating group) is 1. The molecule has 0 aliphatic rings. The third-order valence-corrected chi connectivity index (χ3v) is 7.99. The van der Waals surface area contributed by atoms with Crippen molar-refractivity contribution in [3.63, 3.8) is 0 Å². The number of rotatable bonds is 9. The molecule has 1 aromatic heterocycles. The molecular weight excluding hydrogens is 480 g/mol. The highest BCUT2D eigenvalue weighted by atomic mass is 32.2. The van der Waals surface area contributed by atoms with Gasteiger partial charge in [0.25, 0.3) is 10.0 Å². The number of ether oxygens (including phenoxy) is 1. The largest absolute Gasteiger partial charge is 0.461 e. The first-order valence-electron chi connectivity index (χ1n) is 11.2. The number of carbonyl (C=O) groups is 1. The maximum Gasteiger partial charge on any atom is 0.307 e. The third-order valence-electron chi connectivity index (χ3n) is 4.97. The average Bonchev–Trinajstić information content (AvgIpc) is 3.27. The van der Waals surface area contributed by atoms with Crippen LogP contribution < -0.4 is 4.72 Å².